The molecule has 1 heterocycles. The molecule has 1 aliphatic rings. The zero-order valence-electron chi connectivity index (χ0n) is 13.5. The van der Waals surface area contributed by atoms with Gasteiger partial charge in [0, 0.05) is 12.6 Å². The first-order valence-corrected chi connectivity index (χ1v) is 9.01. The van der Waals surface area contributed by atoms with Crippen molar-refractivity contribution in [3.63, 3.8) is 0 Å². The lowest BCUT2D eigenvalue weighted by Gasteiger charge is -2.19. The van der Waals surface area contributed by atoms with Crippen LogP contribution in [0.5, 0.6) is 17.2 Å². The fraction of sp³-hybridized carbons (Fsp3) is 0.294. The van der Waals surface area contributed by atoms with Gasteiger partial charge in [0.15, 0.2) is 11.5 Å². The largest absolute Gasteiger partial charge is 0.496 e. The van der Waals surface area contributed by atoms with Crippen LogP contribution < -0.4 is 18.9 Å². The van der Waals surface area contributed by atoms with Crippen LogP contribution in [-0.4, -0.2) is 28.7 Å². The molecule has 128 valence electrons. The second kappa shape index (κ2) is 6.70. The molecule has 0 unspecified atom stereocenters. The number of hydrogen-bond donors (Lipinski definition) is 1. The third kappa shape index (κ3) is 3.47. The third-order valence-electron chi connectivity index (χ3n) is 3.75. The van der Waals surface area contributed by atoms with E-state index >= 15 is 0 Å². The van der Waals surface area contributed by atoms with Crippen LogP contribution in [0.2, 0.25) is 0 Å². The van der Waals surface area contributed by atoms with Crippen LogP contribution in [-0.2, 0) is 16.6 Å². The summed E-state index contributed by atoms with van der Waals surface area (Å²) in [7, 11) is -2.03. The highest BCUT2D eigenvalue weighted by Crippen LogP contribution is 2.32. The van der Waals surface area contributed by atoms with Gasteiger partial charge in [-0.05, 0) is 36.2 Å². The van der Waals surface area contributed by atoms with E-state index in [0.29, 0.717) is 24.7 Å². The van der Waals surface area contributed by atoms with Crippen molar-refractivity contribution < 1.29 is 22.6 Å². The third-order valence-corrected chi connectivity index (χ3v) is 5.15. The first-order valence-electron chi connectivity index (χ1n) is 7.52. The van der Waals surface area contributed by atoms with Crippen LogP contribution in [0.3, 0.4) is 0 Å². The normalized spacial score (nSPS) is 13.6. The molecule has 1 aliphatic heterocycles. The van der Waals surface area contributed by atoms with E-state index in [-0.39, 0.29) is 11.4 Å². The minimum absolute atomic E-state index is 0.150. The van der Waals surface area contributed by atoms with Crippen molar-refractivity contribution in [1.29, 1.82) is 0 Å². The maximum Gasteiger partial charge on any atom is 0.241 e. The fourth-order valence-electron chi connectivity index (χ4n) is 2.50. The van der Waals surface area contributed by atoms with E-state index in [0.717, 1.165) is 16.9 Å². The Morgan fingerprint density at radius 1 is 1.08 bits per heavy atom. The molecule has 2 aromatic rings. The van der Waals surface area contributed by atoms with Crippen LogP contribution in [0.15, 0.2) is 41.3 Å². The Morgan fingerprint density at radius 2 is 1.83 bits per heavy atom. The van der Waals surface area contributed by atoms with Gasteiger partial charge in [-0.25, -0.2) is 13.1 Å². The van der Waals surface area contributed by atoms with Crippen molar-refractivity contribution in [2.24, 2.45) is 0 Å². The second-order valence-electron chi connectivity index (χ2n) is 5.43. The summed E-state index contributed by atoms with van der Waals surface area (Å²) in [5.74, 6) is 1.78. The van der Waals surface area contributed by atoms with Crippen LogP contribution in [0, 0.1) is 6.92 Å². The van der Waals surface area contributed by atoms with Crippen molar-refractivity contribution in [2.45, 2.75) is 18.4 Å². The Kier molecular flexibility index (Phi) is 4.64. The van der Waals surface area contributed by atoms with Gasteiger partial charge in [-0.1, -0.05) is 12.1 Å². The molecule has 3 rings (SSSR count). The number of nitrogens with one attached hydrogen (secondary N) is 1. The van der Waals surface area contributed by atoms with Gasteiger partial charge >= 0.3 is 0 Å². The average molecular weight is 349 g/mol. The van der Waals surface area contributed by atoms with Gasteiger partial charge in [0.2, 0.25) is 10.0 Å². The predicted octanol–water partition coefficient (Wildman–Crippen LogP) is 2.25. The van der Waals surface area contributed by atoms with Gasteiger partial charge < -0.3 is 14.2 Å². The molecule has 0 spiro atoms. The van der Waals surface area contributed by atoms with E-state index in [1.54, 1.807) is 13.2 Å². The summed E-state index contributed by atoms with van der Waals surface area (Å²) in [6, 6.07) is 10.2. The highest BCUT2D eigenvalue weighted by atomic mass is 32.2. The summed E-state index contributed by atoms with van der Waals surface area (Å²) < 4.78 is 43.6. The Balaban J connectivity index is 1.75. The Hall–Kier alpha value is -2.25. The zero-order chi connectivity index (χ0) is 17.2. The molecule has 0 aromatic heterocycles. The molecule has 0 radical (unpaired) electrons. The summed E-state index contributed by atoms with van der Waals surface area (Å²) in [5, 5.41) is 0. The average Bonchev–Trinajstić information content (AvgIpc) is 2.60. The molecule has 7 heteroatoms. The van der Waals surface area contributed by atoms with E-state index in [1.807, 2.05) is 25.1 Å². The summed E-state index contributed by atoms with van der Waals surface area (Å²) in [5.41, 5.74) is 1.81. The summed E-state index contributed by atoms with van der Waals surface area (Å²) in [4.78, 5) is 0.150. The second-order valence-corrected chi connectivity index (χ2v) is 7.20. The van der Waals surface area contributed by atoms with Crippen molar-refractivity contribution in [1.82, 2.24) is 4.72 Å². The van der Waals surface area contributed by atoms with Crippen molar-refractivity contribution in [3.8, 4) is 17.2 Å². The maximum atomic E-state index is 12.5. The lowest BCUT2D eigenvalue weighted by atomic mass is 10.1. The predicted molar refractivity (Wildman–Crippen MR) is 89.2 cm³/mol. The van der Waals surface area contributed by atoms with Gasteiger partial charge in [-0.3, -0.25) is 0 Å². The van der Waals surface area contributed by atoms with E-state index in [1.165, 1.54) is 12.1 Å². The fourth-order valence-corrected chi connectivity index (χ4v) is 3.54. The Bertz CT molecular complexity index is 848. The van der Waals surface area contributed by atoms with E-state index in [9.17, 15) is 8.42 Å². The number of ether oxygens (including phenoxy) is 3. The van der Waals surface area contributed by atoms with Crippen molar-refractivity contribution in [3.05, 3.63) is 47.5 Å². The molecule has 0 atom stereocenters. The molecule has 1 N–H and O–H groups in total. The minimum atomic E-state index is -3.64. The first-order chi connectivity index (χ1) is 11.5. The molecular weight excluding hydrogens is 330 g/mol. The minimum Gasteiger partial charge on any atom is -0.496 e. The molecule has 6 nitrogen and oxygen atoms in total. The quantitative estimate of drug-likeness (QED) is 0.896. The summed E-state index contributed by atoms with van der Waals surface area (Å²) in [6.45, 7) is 2.99. The molecule has 0 aliphatic carbocycles. The standard InChI is InChI=1S/C17H19NO5S/c1-12-9-13(3-5-15(12)21-2)11-18-24(19,20)14-4-6-16-17(10-14)23-8-7-22-16/h3-6,9-10,18H,7-8,11H2,1-2H3. The molecule has 2 aromatic carbocycles. The van der Waals surface area contributed by atoms with Crippen LogP contribution >= 0.6 is 0 Å². The van der Waals surface area contributed by atoms with Crippen LogP contribution in [0.4, 0.5) is 0 Å². The highest BCUT2D eigenvalue weighted by molar-refractivity contribution is 7.89. The van der Waals surface area contributed by atoms with Gasteiger partial charge in [0.05, 0.1) is 12.0 Å². The number of methoxy groups -OCH3 is 1. The molecule has 24 heavy (non-hydrogen) atoms. The van der Waals surface area contributed by atoms with Crippen molar-refractivity contribution in [2.75, 3.05) is 20.3 Å². The number of sulfonamides is 1. The molecule has 0 amide bonds. The number of benzene rings is 2. The molecule has 0 saturated heterocycles. The number of hydrogen-bond acceptors (Lipinski definition) is 5. The van der Waals surface area contributed by atoms with E-state index in [2.05, 4.69) is 4.72 Å². The summed E-state index contributed by atoms with van der Waals surface area (Å²) >= 11 is 0. The monoisotopic (exact) mass is 349 g/mol. The highest BCUT2D eigenvalue weighted by Gasteiger charge is 2.19. The van der Waals surface area contributed by atoms with Gasteiger partial charge in [0.25, 0.3) is 0 Å². The Labute approximate surface area is 141 Å². The first kappa shape index (κ1) is 16.6. The van der Waals surface area contributed by atoms with E-state index in [4.69, 9.17) is 14.2 Å². The van der Waals surface area contributed by atoms with Gasteiger partial charge in [-0.2, -0.15) is 0 Å². The topological polar surface area (TPSA) is 73.9 Å². The van der Waals surface area contributed by atoms with Crippen molar-refractivity contribution >= 4 is 10.0 Å². The van der Waals surface area contributed by atoms with Crippen LogP contribution in [0.25, 0.3) is 0 Å². The van der Waals surface area contributed by atoms with Gasteiger partial charge in [-0.15, -0.1) is 0 Å². The van der Waals surface area contributed by atoms with Crippen LogP contribution in [0.1, 0.15) is 11.1 Å². The van der Waals surface area contributed by atoms with E-state index < -0.39 is 10.0 Å². The zero-order valence-corrected chi connectivity index (χ0v) is 14.4. The molecule has 0 bridgehead atoms. The van der Waals surface area contributed by atoms with Gasteiger partial charge in [0.1, 0.15) is 19.0 Å². The number of fused-ring (bicyclic) bond motifs is 1. The number of aryl methyl sites for hydroxylation is 1. The maximum absolute atomic E-state index is 12.5. The molecule has 0 saturated carbocycles. The lowest BCUT2D eigenvalue weighted by molar-refractivity contribution is 0.171. The lowest BCUT2D eigenvalue weighted by Crippen LogP contribution is -2.24. The summed E-state index contributed by atoms with van der Waals surface area (Å²) in [6.07, 6.45) is 0. The SMILES string of the molecule is COc1ccc(CNS(=O)(=O)c2ccc3c(c2)OCCO3)cc1C. The molecule has 0 fully saturated rings. The number of rotatable bonds is 5. The molecular formula is C17H19NO5S. The Morgan fingerprint density at radius 3 is 2.54 bits per heavy atom. The smallest absolute Gasteiger partial charge is 0.241 e.